The molecule has 68 valence electrons. The van der Waals surface area contributed by atoms with E-state index < -0.39 is 0 Å². The maximum Gasteiger partial charge on any atom is 0.0693 e. The number of ether oxygens (including phenoxy) is 2. The molecule has 0 amide bonds. The van der Waals surface area contributed by atoms with Gasteiger partial charge in [-0.05, 0) is 13.8 Å². The fourth-order valence-electron chi connectivity index (χ4n) is 0.759. The first-order valence-electron chi connectivity index (χ1n) is 3.97. The standard InChI is InChI=1S/C8H19NO2/c1-7(8(2)11-4)9-5-6-10-3/h7-9H,5-6H2,1-4H3/t7?,8-/m1/s1. The highest BCUT2D eigenvalue weighted by molar-refractivity contribution is 4.66. The van der Waals surface area contributed by atoms with Crippen LogP contribution in [0.1, 0.15) is 13.8 Å². The molecule has 0 saturated carbocycles. The van der Waals surface area contributed by atoms with Crippen molar-refractivity contribution < 1.29 is 9.47 Å². The summed E-state index contributed by atoms with van der Waals surface area (Å²) in [7, 11) is 3.42. The van der Waals surface area contributed by atoms with Crippen molar-refractivity contribution in [3.8, 4) is 0 Å². The van der Waals surface area contributed by atoms with Crippen molar-refractivity contribution >= 4 is 0 Å². The molecule has 0 heterocycles. The lowest BCUT2D eigenvalue weighted by Gasteiger charge is -2.19. The molecular weight excluding hydrogens is 142 g/mol. The van der Waals surface area contributed by atoms with Crippen LogP contribution in [0.5, 0.6) is 0 Å². The SMILES string of the molecule is COCCNC(C)[C@@H](C)OC. The molecule has 0 rings (SSSR count). The van der Waals surface area contributed by atoms with Gasteiger partial charge in [0, 0.05) is 26.8 Å². The zero-order valence-electron chi connectivity index (χ0n) is 7.89. The molecule has 2 atom stereocenters. The summed E-state index contributed by atoms with van der Waals surface area (Å²) in [6.45, 7) is 5.78. The molecule has 0 aliphatic rings. The zero-order chi connectivity index (χ0) is 8.69. The average Bonchev–Trinajstić information content (AvgIpc) is 2.03. The van der Waals surface area contributed by atoms with Crippen LogP contribution in [0.2, 0.25) is 0 Å². The Morgan fingerprint density at radius 3 is 2.36 bits per heavy atom. The van der Waals surface area contributed by atoms with E-state index in [0.29, 0.717) is 6.04 Å². The fourth-order valence-corrected chi connectivity index (χ4v) is 0.759. The van der Waals surface area contributed by atoms with E-state index in [2.05, 4.69) is 12.2 Å². The smallest absolute Gasteiger partial charge is 0.0693 e. The van der Waals surface area contributed by atoms with Crippen LogP contribution in [0.3, 0.4) is 0 Å². The summed E-state index contributed by atoms with van der Waals surface area (Å²) in [6, 6.07) is 0.384. The molecule has 0 aliphatic heterocycles. The summed E-state index contributed by atoms with van der Waals surface area (Å²) in [4.78, 5) is 0. The molecule has 1 N–H and O–H groups in total. The van der Waals surface area contributed by atoms with Gasteiger partial charge in [-0.25, -0.2) is 0 Å². The molecule has 3 nitrogen and oxygen atoms in total. The van der Waals surface area contributed by atoms with Gasteiger partial charge in [0.1, 0.15) is 0 Å². The van der Waals surface area contributed by atoms with Crippen LogP contribution in [-0.4, -0.2) is 39.5 Å². The third-order valence-electron chi connectivity index (χ3n) is 1.85. The highest BCUT2D eigenvalue weighted by Crippen LogP contribution is 1.94. The maximum atomic E-state index is 5.14. The molecule has 0 aromatic rings. The minimum atomic E-state index is 0.256. The average molecular weight is 161 g/mol. The van der Waals surface area contributed by atoms with Crippen molar-refractivity contribution in [1.82, 2.24) is 5.32 Å². The minimum absolute atomic E-state index is 0.256. The highest BCUT2D eigenvalue weighted by atomic mass is 16.5. The van der Waals surface area contributed by atoms with Gasteiger partial charge in [-0.3, -0.25) is 0 Å². The Hall–Kier alpha value is -0.120. The van der Waals surface area contributed by atoms with Gasteiger partial charge < -0.3 is 14.8 Å². The monoisotopic (exact) mass is 161 g/mol. The summed E-state index contributed by atoms with van der Waals surface area (Å²) >= 11 is 0. The molecule has 0 fully saturated rings. The van der Waals surface area contributed by atoms with Crippen molar-refractivity contribution in [3.63, 3.8) is 0 Å². The van der Waals surface area contributed by atoms with Gasteiger partial charge in [-0.15, -0.1) is 0 Å². The van der Waals surface area contributed by atoms with Crippen LogP contribution in [0, 0.1) is 0 Å². The first-order valence-corrected chi connectivity index (χ1v) is 3.97. The van der Waals surface area contributed by atoms with Gasteiger partial charge >= 0.3 is 0 Å². The zero-order valence-corrected chi connectivity index (χ0v) is 7.89. The predicted octanol–water partition coefficient (Wildman–Crippen LogP) is 0.646. The molecule has 1 unspecified atom stereocenters. The Morgan fingerprint density at radius 2 is 1.91 bits per heavy atom. The lowest BCUT2D eigenvalue weighted by Crippen LogP contribution is -2.38. The van der Waals surface area contributed by atoms with E-state index in [1.54, 1.807) is 14.2 Å². The van der Waals surface area contributed by atoms with Crippen LogP contribution in [0.15, 0.2) is 0 Å². The van der Waals surface area contributed by atoms with E-state index in [4.69, 9.17) is 9.47 Å². The van der Waals surface area contributed by atoms with E-state index in [1.165, 1.54) is 0 Å². The Morgan fingerprint density at radius 1 is 1.27 bits per heavy atom. The van der Waals surface area contributed by atoms with E-state index in [9.17, 15) is 0 Å². The van der Waals surface area contributed by atoms with E-state index in [-0.39, 0.29) is 6.10 Å². The van der Waals surface area contributed by atoms with Gasteiger partial charge in [-0.1, -0.05) is 0 Å². The first kappa shape index (κ1) is 10.9. The summed E-state index contributed by atoms with van der Waals surface area (Å²) in [5.74, 6) is 0. The van der Waals surface area contributed by atoms with E-state index in [1.807, 2.05) is 6.92 Å². The van der Waals surface area contributed by atoms with Crippen molar-refractivity contribution in [2.24, 2.45) is 0 Å². The molecule has 0 aromatic carbocycles. The molecule has 0 aromatic heterocycles. The van der Waals surface area contributed by atoms with Gasteiger partial charge in [0.15, 0.2) is 0 Å². The first-order chi connectivity index (χ1) is 5.22. The molecule has 11 heavy (non-hydrogen) atoms. The molecule has 0 spiro atoms. The highest BCUT2D eigenvalue weighted by Gasteiger charge is 2.08. The van der Waals surface area contributed by atoms with E-state index >= 15 is 0 Å². The fraction of sp³-hybridized carbons (Fsp3) is 1.00. The van der Waals surface area contributed by atoms with Crippen LogP contribution in [0.25, 0.3) is 0 Å². The Balaban J connectivity index is 3.28. The third kappa shape index (κ3) is 5.18. The minimum Gasteiger partial charge on any atom is -0.383 e. The summed E-state index contributed by atoms with van der Waals surface area (Å²) < 4.78 is 10.0. The molecule has 0 aliphatic carbocycles. The molecule has 0 radical (unpaired) electrons. The second kappa shape index (κ2) is 6.58. The Bertz CT molecular complexity index is 88.2. The van der Waals surface area contributed by atoms with Gasteiger partial charge in [0.05, 0.1) is 12.7 Å². The number of nitrogens with one attached hydrogen (secondary N) is 1. The number of hydrogen-bond donors (Lipinski definition) is 1. The van der Waals surface area contributed by atoms with Crippen LogP contribution < -0.4 is 5.32 Å². The van der Waals surface area contributed by atoms with Gasteiger partial charge in [0.2, 0.25) is 0 Å². The summed E-state index contributed by atoms with van der Waals surface area (Å²) in [6.07, 6.45) is 0.256. The largest absolute Gasteiger partial charge is 0.383 e. The predicted molar refractivity (Wildman–Crippen MR) is 45.8 cm³/mol. The summed E-state index contributed by atoms with van der Waals surface area (Å²) in [5, 5.41) is 3.28. The van der Waals surface area contributed by atoms with Gasteiger partial charge in [0.25, 0.3) is 0 Å². The molecule has 3 heteroatoms. The van der Waals surface area contributed by atoms with Crippen molar-refractivity contribution in [2.45, 2.75) is 26.0 Å². The lowest BCUT2D eigenvalue weighted by atomic mass is 10.2. The normalized spacial score (nSPS) is 16.4. The molecule has 0 saturated heterocycles. The maximum absolute atomic E-state index is 5.14. The van der Waals surface area contributed by atoms with Crippen LogP contribution in [-0.2, 0) is 9.47 Å². The number of hydrogen-bond acceptors (Lipinski definition) is 3. The van der Waals surface area contributed by atoms with Crippen molar-refractivity contribution in [2.75, 3.05) is 27.4 Å². The van der Waals surface area contributed by atoms with E-state index in [0.717, 1.165) is 13.2 Å². The summed E-state index contributed by atoms with van der Waals surface area (Å²) in [5.41, 5.74) is 0. The lowest BCUT2D eigenvalue weighted by molar-refractivity contribution is 0.0850. The second-order valence-corrected chi connectivity index (χ2v) is 2.68. The van der Waals surface area contributed by atoms with Crippen LogP contribution in [0.4, 0.5) is 0 Å². The third-order valence-corrected chi connectivity index (χ3v) is 1.85. The Labute approximate surface area is 69.1 Å². The van der Waals surface area contributed by atoms with Gasteiger partial charge in [-0.2, -0.15) is 0 Å². The number of methoxy groups -OCH3 is 2. The topological polar surface area (TPSA) is 30.5 Å². The van der Waals surface area contributed by atoms with Crippen molar-refractivity contribution in [1.29, 1.82) is 0 Å². The second-order valence-electron chi connectivity index (χ2n) is 2.68. The van der Waals surface area contributed by atoms with Crippen LogP contribution >= 0.6 is 0 Å². The number of rotatable bonds is 6. The quantitative estimate of drug-likeness (QED) is 0.580. The Kier molecular flexibility index (Phi) is 6.51. The molecule has 0 bridgehead atoms. The van der Waals surface area contributed by atoms with Crippen molar-refractivity contribution in [3.05, 3.63) is 0 Å². The molecular formula is C8H19NO2.